The molecular weight excluding hydrogens is 162 g/mol. The Bertz CT molecular complexity index is 351. The number of carbonyl (C=O) groups is 1. The second-order valence-electron chi connectivity index (χ2n) is 2.49. The van der Waals surface area contributed by atoms with Crippen molar-refractivity contribution in [1.29, 1.82) is 0 Å². The Kier molecular flexibility index (Phi) is 1.99. The molecule has 6 heteroatoms. The maximum absolute atomic E-state index is 10.7. The molecule has 66 valence electrons. The van der Waals surface area contributed by atoms with Crippen LogP contribution in [0.1, 0.15) is 18.7 Å². The van der Waals surface area contributed by atoms with Crippen molar-refractivity contribution in [2.75, 3.05) is 0 Å². The van der Waals surface area contributed by atoms with Gasteiger partial charge in [-0.15, -0.1) is 0 Å². The van der Waals surface area contributed by atoms with Crippen LogP contribution in [-0.4, -0.2) is 15.6 Å². The fourth-order valence-corrected chi connectivity index (χ4v) is 0.799. The zero-order valence-corrected chi connectivity index (χ0v) is 6.77. The Labute approximate surface area is 67.9 Å². The van der Waals surface area contributed by atoms with E-state index in [0.717, 1.165) is 4.57 Å². The van der Waals surface area contributed by atoms with Crippen molar-refractivity contribution in [2.24, 2.45) is 12.8 Å². The first kappa shape index (κ1) is 8.51. The molecule has 1 rings (SSSR count). The summed E-state index contributed by atoms with van der Waals surface area (Å²) in [5.74, 6) is -1.51. The fraction of sp³-hybridized carbons (Fsp3) is 0.500. The van der Waals surface area contributed by atoms with E-state index in [9.17, 15) is 9.59 Å². The Balaban J connectivity index is 3.11. The quantitative estimate of drug-likeness (QED) is 0.615. The Morgan fingerprint density at radius 1 is 1.75 bits per heavy atom. The number of carbonyl (C=O) groups excluding carboxylic acids is 1. The van der Waals surface area contributed by atoms with Gasteiger partial charge < -0.3 is 5.73 Å². The zero-order chi connectivity index (χ0) is 9.30. The van der Waals surface area contributed by atoms with E-state index < -0.39 is 17.6 Å². The summed E-state index contributed by atoms with van der Waals surface area (Å²) < 4.78 is 5.46. The molecule has 6 nitrogen and oxygen atoms in total. The van der Waals surface area contributed by atoms with Crippen LogP contribution in [0.2, 0.25) is 0 Å². The molecule has 0 aromatic carbocycles. The highest BCUT2D eigenvalue weighted by Gasteiger charge is 2.19. The van der Waals surface area contributed by atoms with Gasteiger partial charge in [0, 0.05) is 7.05 Å². The highest BCUT2D eigenvalue weighted by atomic mass is 16.5. The third kappa shape index (κ3) is 1.23. The minimum atomic E-state index is -0.610. The van der Waals surface area contributed by atoms with Crippen LogP contribution < -0.4 is 11.5 Å². The zero-order valence-electron chi connectivity index (χ0n) is 6.77. The molecule has 1 aromatic rings. The van der Waals surface area contributed by atoms with Crippen LogP contribution in [0, 0.1) is 0 Å². The summed E-state index contributed by atoms with van der Waals surface area (Å²) in [7, 11) is 1.47. The predicted octanol–water partition coefficient (Wildman–Crippen LogP) is -1.04. The first-order chi connectivity index (χ1) is 5.54. The van der Waals surface area contributed by atoms with Crippen molar-refractivity contribution >= 4 is 5.91 Å². The van der Waals surface area contributed by atoms with E-state index >= 15 is 0 Å². The lowest BCUT2D eigenvalue weighted by Crippen LogP contribution is -2.23. The van der Waals surface area contributed by atoms with E-state index in [2.05, 4.69) is 9.68 Å². The summed E-state index contributed by atoms with van der Waals surface area (Å²) in [6, 6.07) is 0. The third-order valence-electron chi connectivity index (χ3n) is 1.65. The van der Waals surface area contributed by atoms with Crippen LogP contribution in [0.25, 0.3) is 0 Å². The van der Waals surface area contributed by atoms with Crippen molar-refractivity contribution in [3.8, 4) is 0 Å². The third-order valence-corrected chi connectivity index (χ3v) is 1.65. The number of primary amides is 1. The number of nitrogens with zero attached hydrogens (tertiary/aromatic N) is 2. The lowest BCUT2D eigenvalue weighted by molar-refractivity contribution is -0.119. The molecule has 0 saturated heterocycles. The minimum Gasteiger partial charge on any atom is -0.369 e. The second-order valence-corrected chi connectivity index (χ2v) is 2.49. The predicted molar refractivity (Wildman–Crippen MR) is 39.4 cm³/mol. The number of rotatable bonds is 2. The Morgan fingerprint density at radius 2 is 2.33 bits per heavy atom. The van der Waals surface area contributed by atoms with Crippen LogP contribution in [0.4, 0.5) is 0 Å². The summed E-state index contributed by atoms with van der Waals surface area (Å²) >= 11 is 0. The molecule has 2 N–H and O–H groups in total. The summed E-state index contributed by atoms with van der Waals surface area (Å²) in [6.07, 6.45) is 0. The van der Waals surface area contributed by atoms with Crippen molar-refractivity contribution in [3.05, 3.63) is 16.4 Å². The Hall–Kier alpha value is -1.59. The van der Waals surface area contributed by atoms with Gasteiger partial charge in [-0.25, -0.2) is 4.79 Å². The monoisotopic (exact) mass is 171 g/mol. The lowest BCUT2D eigenvalue weighted by Gasteiger charge is -2.02. The fourth-order valence-electron chi connectivity index (χ4n) is 0.799. The van der Waals surface area contributed by atoms with Crippen LogP contribution in [0.3, 0.4) is 0 Å². The number of hydrogen-bond acceptors (Lipinski definition) is 4. The largest absolute Gasteiger partial charge is 0.441 e. The van der Waals surface area contributed by atoms with Gasteiger partial charge in [0.15, 0.2) is 5.82 Å². The van der Waals surface area contributed by atoms with E-state index in [1.807, 2.05) is 0 Å². The molecule has 1 aromatic heterocycles. The van der Waals surface area contributed by atoms with Crippen LogP contribution in [0.15, 0.2) is 9.32 Å². The molecule has 0 aliphatic heterocycles. The van der Waals surface area contributed by atoms with Gasteiger partial charge in [0.25, 0.3) is 0 Å². The van der Waals surface area contributed by atoms with Crippen molar-refractivity contribution in [3.63, 3.8) is 0 Å². The van der Waals surface area contributed by atoms with E-state index in [1.165, 1.54) is 7.05 Å². The number of amides is 1. The smallest absolute Gasteiger partial charge is 0.369 e. The summed E-state index contributed by atoms with van der Waals surface area (Å²) in [5, 5.41) is 3.41. The molecule has 0 fully saturated rings. The molecule has 0 spiro atoms. The van der Waals surface area contributed by atoms with Crippen LogP contribution >= 0.6 is 0 Å². The van der Waals surface area contributed by atoms with Gasteiger partial charge in [-0.1, -0.05) is 5.16 Å². The first-order valence-electron chi connectivity index (χ1n) is 3.36. The second kappa shape index (κ2) is 2.80. The molecule has 0 radical (unpaired) electrons. The average molecular weight is 171 g/mol. The number of hydrogen-bond donors (Lipinski definition) is 1. The van der Waals surface area contributed by atoms with Gasteiger partial charge in [-0.2, -0.15) is 0 Å². The Morgan fingerprint density at radius 3 is 2.67 bits per heavy atom. The highest BCUT2D eigenvalue weighted by Crippen LogP contribution is 2.08. The maximum Gasteiger partial charge on any atom is 0.441 e. The normalized spacial score (nSPS) is 12.8. The standard InChI is InChI=1S/C6H9N3O3/c1-3(4(7)10)5-8-12-6(11)9(5)2/h3H,1-2H3,(H2,7,10). The van der Waals surface area contributed by atoms with E-state index in [-0.39, 0.29) is 5.82 Å². The van der Waals surface area contributed by atoms with Gasteiger partial charge in [0.05, 0.1) is 5.92 Å². The van der Waals surface area contributed by atoms with Gasteiger partial charge >= 0.3 is 5.76 Å². The molecule has 0 aliphatic rings. The summed E-state index contributed by atoms with van der Waals surface area (Å²) in [6.45, 7) is 1.56. The van der Waals surface area contributed by atoms with E-state index in [4.69, 9.17) is 5.73 Å². The molecule has 0 bridgehead atoms. The summed E-state index contributed by atoms with van der Waals surface area (Å²) in [4.78, 5) is 21.4. The van der Waals surface area contributed by atoms with Gasteiger partial charge in [0.1, 0.15) is 0 Å². The van der Waals surface area contributed by atoms with Crippen molar-refractivity contribution in [2.45, 2.75) is 12.8 Å². The van der Waals surface area contributed by atoms with Gasteiger partial charge in [-0.3, -0.25) is 13.9 Å². The maximum atomic E-state index is 10.7. The van der Waals surface area contributed by atoms with Crippen molar-refractivity contribution in [1.82, 2.24) is 9.72 Å². The number of nitrogens with two attached hydrogens (primary N) is 1. The lowest BCUT2D eigenvalue weighted by atomic mass is 10.1. The molecular formula is C6H9N3O3. The average Bonchev–Trinajstić information content (AvgIpc) is 2.32. The van der Waals surface area contributed by atoms with Crippen molar-refractivity contribution < 1.29 is 9.32 Å². The highest BCUT2D eigenvalue weighted by molar-refractivity contribution is 5.80. The van der Waals surface area contributed by atoms with Crippen LogP contribution in [-0.2, 0) is 11.8 Å². The first-order valence-corrected chi connectivity index (χ1v) is 3.36. The SMILES string of the molecule is CC(C(N)=O)c1noc(=O)n1C. The minimum absolute atomic E-state index is 0.243. The van der Waals surface area contributed by atoms with Gasteiger partial charge in [0.2, 0.25) is 5.91 Å². The molecule has 0 aliphatic carbocycles. The van der Waals surface area contributed by atoms with Gasteiger partial charge in [-0.05, 0) is 6.92 Å². The van der Waals surface area contributed by atoms with E-state index in [0.29, 0.717) is 0 Å². The topological polar surface area (TPSA) is 91.1 Å². The molecule has 1 unspecified atom stereocenters. The molecule has 0 saturated carbocycles. The molecule has 12 heavy (non-hydrogen) atoms. The molecule has 1 heterocycles. The van der Waals surface area contributed by atoms with Crippen LogP contribution in [0.5, 0.6) is 0 Å². The molecule has 1 amide bonds. The number of aromatic nitrogens is 2. The van der Waals surface area contributed by atoms with E-state index in [1.54, 1.807) is 6.92 Å². The summed E-state index contributed by atoms with van der Waals surface area (Å²) in [5.41, 5.74) is 5.01. The molecule has 1 atom stereocenters.